The van der Waals surface area contributed by atoms with Crippen LogP contribution in [0.3, 0.4) is 0 Å². The van der Waals surface area contributed by atoms with Crippen molar-refractivity contribution in [2.45, 2.75) is 6.67 Å². The first-order chi connectivity index (χ1) is 12.2. The lowest BCUT2D eigenvalue weighted by atomic mass is 10.3. The Labute approximate surface area is 148 Å². The summed E-state index contributed by atoms with van der Waals surface area (Å²) in [6, 6.07) is 13.4. The quantitative estimate of drug-likeness (QED) is 0.711. The first-order valence-corrected chi connectivity index (χ1v) is 8.62. The molecule has 3 aromatic rings. The van der Waals surface area contributed by atoms with Gasteiger partial charge in [0.25, 0.3) is 5.56 Å². The van der Waals surface area contributed by atoms with Gasteiger partial charge in [0.05, 0.1) is 17.3 Å². The maximum atomic E-state index is 12.7. The summed E-state index contributed by atoms with van der Waals surface area (Å²) in [5, 5.41) is 0. The van der Waals surface area contributed by atoms with Crippen LogP contribution in [0.15, 0.2) is 58.4 Å². The Morgan fingerprint density at radius 3 is 2.76 bits per heavy atom. The van der Waals surface area contributed by atoms with Gasteiger partial charge in [0.1, 0.15) is 19.1 Å². The minimum absolute atomic E-state index is 0.0346. The Morgan fingerprint density at radius 2 is 2.04 bits per heavy atom. The van der Waals surface area contributed by atoms with E-state index in [0.717, 1.165) is 21.9 Å². The highest BCUT2D eigenvalue weighted by Gasteiger charge is 2.16. The number of thiazole rings is 1. The van der Waals surface area contributed by atoms with Gasteiger partial charge in [-0.1, -0.05) is 17.4 Å². The standard InChI is InChI=1S/C18H16N4O2S/c1-24-15-7-5-14(6-8-15)21-11-20-18-22(12-21)17(23)16(25-18)10-13-4-2-3-9-19-13/h2-10H,11-12H2,1H3/b16-10-. The number of anilines is 1. The maximum absolute atomic E-state index is 12.7. The zero-order valence-electron chi connectivity index (χ0n) is 13.6. The molecule has 0 atom stereocenters. The number of pyridine rings is 1. The van der Waals surface area contributed by atoms with E-state index in [9.17, 15) is 4.79 Å². The number of benzene rings is 1. The van der Waals surface area contributed by atoms with Crippen molar-refractivity contribution in [3.63, 3.8) is 0 Å². The fourth-order valence-corrected chi connectivity index (χ4v) is 3.61. The van der Waals surface area contributed by atoms with Gasteiger partial charge in [-0.3, -0.25) is 14.3 Å². The van der Waals surface area contributed by atoms with Gasteiger partial charge in [0.2, 0.25) is 0 Å². The van der Waals surface area contributed by atoms with Crippen molar-refractivity contribution >= 4 is 23.1 Å². The van der Waals surface area contributed by atoms with Gasteiger partial charge < -0.3 is 9.64 Å². The first-order valence-electron chi connectivity index (χ1n) is 7.80. The molecule has 6 nitrogen and oxygen atoms in total. The van der Waals surface area contributed by atoms with Crippen LogP contribution < -0.4 is 24.5 Å². The van der Waals surface area contributed by atoms with Crippen molar-refractivity contribution < 1.29 is 4.74 Å². The summed E-state index contributed by atoms with van der Waals surface area (Å²) < 4.78 is 7.54. The van der Waals surface area contributed by atoms with Gasteiger partial charge in [0, 0.05) is 11.9 Å². The third-order valence-electron chi connectivity index (χ3n) is 3.98. The zero-order chi connectivity index (χ0) is 17.2. The molecule has 0 spiro atoms. The van der Waals surface area contributed by atoms with Crippen molar-refractivity contribution in [1.29, 1.82) is 0 Å². The number of methoxy groups -OCH3 is 1. The van der Waals surface area contributed by atoms with Gasteiger partial charge in [0.15, 0.2) is 4.80 Å². The molecule has 0 saturated heterocycles. The fraction of sp³-hybridized carbons (Fsp3) is 0.167. The second kappa shape index (κ2) is 6.52. The molecule has 0 amide bonds. The van der Waals surface area contributed by atoms with Crippen LogP contribution in [0, 0.1) is 0 Å². The summed E-state index contributed by atoms with van der Waals surface area (Å²) in [7, 11) is 1.64. The Balaban J connectivity index is 1.68. The number of aromatic nitrogens is 2. The third kappa shape index (κ3) is 3.06. The molecule has 0 bridgehead atoms. The zero-order valence-corrected chi connectivity index (χ0v) is 14.4. The Morgan fingerprint density at radius 1 is 1.20 bits per heavy atom. The van der Waals surface area contributed by atoms with Crippen LogP contribution in [0.4, 0.5) is 5.69 Å². The lowest BCUT2D eigenvalue weighted by Crippen LogP contribution is -2.42. The van der Waals surface area contributed by atoms with Gasteiger partial charge in [-0.05, 0) is 42.5 Å². The van der Waals surface area contributed by atoms with E-state index in [0.29, 0.717) is 17.9 Å². The number of hydrogen-bond donors (Lipinski definition) is 0. The molecule has 0 N–H and O–H groups in total. The lowest BCUT2D eigenvalue weighted by molar-refractivity contribution is 0.414. The molecule has 1 aliphatic heterocycles. The smallest absolute Gasteiger partial charge is 0.271 e. The van der Waals surface area contributed by atoms with Crippen LogP contribution in [0.1, 0.15) is 5.69 Å². The molecule has 0 radical (unpaired) electrons. The Kier molecular flexibility index (Phi) is 4.07. The second-order valence-electron chi connectivity index (χ2n) is 5.56. The SMILES string of the molecule is COc1ccc(N2CN=c3s/c(=C\c4ccccn4)c(=O)n3C2)cc1. The van der Waals surface area contributed by atoms with Crippen LogP contribution in [-0.2, 0) is 6.67 Å². The monoisotopic (exact) mass is 352 g/mol. The molecular formula is C18H16N4O2S. The fourth-order valence-electron chi connectivity index (χ4n) is 2.66. The molecule has 1 aliphatic rings. The molecule has 0 unspecified atom stereocenters. The van der Waals surface area contributed by atoms with Crippen LogP contribution in [0.25, 0.3) is 6.08 Å². The van der Waals surface area contributed by atoms with Crippen LogP contribution in [0.5, 0.6) is 5.75 Å². The predicted octanol–water partition coefficient (Wildman–Crippen LogP) is 1.20. The number of nitrogens with zero attached hydrogens (tertiary/aromatic N) is 4. The van der Waals surface area contributed by atoms with Crippen molar-refractivity contribution in [2.24, 2.45) is 4.99 Å². The lowest BCUT2D eigenvalue weighted by Gasteiger charge is -2.25. The summed E-state index contributed by atoms with van der Waals surface area (Å²) >= 11 is 1.40. The summed E-state index contributed by atoms with van der Waals surface area (Å²) in [4.78, 5) is 24.3. The van der Waals surface area contributed by atoms with E-state index in [1.54, 1.807) is 17.9 Å². The van der Waals surface area contributed by atoms with E-state index in [4.69, 9.17) is 4.74 Å². The molecule has 4 rings (SSSR count). The topological polar surface area (TPSA) is 59.7 Å². The normalized spacial score (nSPS) is 14.1. The van der Waals surface area contributed by atoms with Crippen molar-refractivity contribution in [3.8, 4) is 5.75 Å². The summed E-state index contributed by atoms with van der Waals surface area (Å²) in [5.41, 5.74) is 1.74. The van der Waals surface area contributed by atoms with Crippen molar-refractivity contribution in [3.05, 3.63) is 74.0 Å². The molecule has 0 fully saturated rings. The van der Waals surface area contributed by atoms with E-state index >= 15 is 0 Å². The molecule has 126 valence electrons. The van der Waals surface area contributed by atoms with Gasteiger partial charge in [-0.15, -0.1) is 0 Å². The van der Waals surface area contributed by atoms with Gasteiger partial charge in [-0.25, -0.2) is 4.99 Å². The van der Waals surface area contributed by atoms with Gasteiger partial charge >= 0.3 is 0 Å². The van der Waals surface area contributed by atoms with Crippen LogP contribution >= 0.6 is 11.3 Å². The van der Waals surface area contributed by atoms with E-state index in [2.05, 4.69) is 9.98 Å². The van der Waals surface area contributed by atoms with Crippen LogP contribution in [-0.4, -0.2) is 23.3 Å². The maximum Gasteiger partial charge on any atom is 0.271 e. The number of fused-ring (bicyclic) bond motifs is 1. The van der Waals surface area contributed by atoms with E-state index in [1.807, 2.05) is 53.4 Å². The largest absolute Gasteiger partial charge is 0.497 e. The average molecular weight is 352 g/mol. The minimum Gasteiger partial charge on any atom is -0.497 e. The number of hydrogen-bond acceptors (Lipinski definition) is 6. The molecule has 0 aliphatic carbocycles. The first kappa shape index (κ1) is 15.6. The molecule has 25 heavy (non-hydrogen) atoms. The average Bonchev–Trinajstić information content (AvgIpc) is 2.98. The molecule has 2 aromatic heterocycles. The Bertz CT molecular complexity index is 1060. The number of ether oxygens (including phenoxy) is 1. The van der Waals surface area contributed by atoms with Gasteiger partial charge in [-0.2, -0.15) is 0 Å². The van der Waals surface area contributed by atoms with E-state index in [-0.39, 0.29) is 5.56 Å². The van der Waals surface area contributed by atoms with Crippen LogP contribution in [0.2, 0.25) is 0 Å². The molecule has 0 saturated carbocycles. The highest BCUT2D eigenvalue weighted by Crippen LogP contribution is 2.20. The molecule has 3 heterocycles. The molecular weight excluding hydrogens is 336 g/mol. The van der Waals surface area contributed by atoms with E-state index < -0.39 is 0 Å². The summed E-state index contributed by atoms with van der Waals surface area (Å²) in [5.74, 6) is 0.804. The summed E-state index contributed by atoms with van der Waals surface area (Å²) in [6.45, 7) is 1.01. The highest BCUT2D eigenvalue weighted by atomic mass is 32.1. The number of rotatable bonds is 3. The highest BCUT2D eigenvalue weighted by molar-refractivity contribution is 7.07. The summed E-state index contributed by atoms with van der Waals surface area (Å²) in [6.07, 6.45) is 3.53. The predicted molar refractivity (Wildman–Crippen MR) is 97.5 cm³/mol. The minimum atomic E-state index is -0.0346. The third-order valence-corrected chi connectivity index (χ3v) is 5.03. The second-order valence-corrected chi connectivity index (χ2v) is 6.57. The van der Waals surface area contributed by atoms with E-state index in [1.165, 1.54) is 11.3 Å². The molecule has 1 aromatic carbocycles. The molecule has 7 heteroatoms. The Hall–Kier alpha value is -2.93. The van der Waals surface area contributed by atoms with Crippen molar-refractivity contribution in [1.82, 2.24) is 9.55 Å². The van der Waals surface area contributed by atoms with Crippen molar-refractivity contribution in [2.75, 3.05) is 18.7 Å².